The van der Waals surface area contributed by atoms with Crippen LogP contribution in [0.4, 0.5) is 0 Å². The van der Waals surface area contributed by atoms with Crippen molar-refractivity contribution >= 4 is 16.4 Å². The van der Waals surface area contributed by atoms with Gasteiger partial charge in [0.25, 0.3) is 0 Å². The molecule has 0 atom stereocenters. The minimum atomic E-state index is 0.964. The summed E-state index contributed by atoms with van der Waals surface area (Å²) in [7, 11) is 0. The fraction of sp³-hybridized carbons (Fsp3) is 0. The van der Waals surface area contributed by atoms with E-state index in [0.717, 1.165) is 55.7 Å². The van der Waals surface area contributed by atoms with Crippen LogP contribution < -0.4 is 0 Å². The number of rotatable bonds is 4. The van der Waals surface area contributed by atoms with Gasteiger partial charge in [-0.15, -0.1) is 0 Å². The summed E-state index contributed by atoms with van der Waals surface area (Å²) in [6, 6.07) is 38.3. The molecule has 4 nitrogen and oxygen atoms in total. The maximum atomic E-state index is 4.93. The van der Waals surface area contributed by atoms with Gasteiger partial charge in [0.05, 0.1) is 16.7 Å². The van der Waals surface area contributed by atoms with Crippen LogP contribution >= 0.6 is 0 Å². The summed E-state index contributed by atoms with van der Waals surface area (Å²) in [5.41, 5.74) is 11.2. The summed E-state index contributed by atoms with van der Waals surface area (Å²) in [6.45, 7) is 0. The molecule has 4 aromatic heterocycles. The molecule has 0 N–H and O–H groups in total. The third kappa shape index (κ3) is 3.95. The van der Waals surface area contributed by atoms with Gasteiger partial charge in [0.2, 0.25) is 0 Å². The minimum Gasteiger partial charge on any atom is -0.265 e. The van der Waals surface area contributed by atoms with Crippen LogP contribution in [0.25, 0.3) is 61.1 Å². The standard InChI is InChI=1S/C33H22N4/c1-2-4-33-27(3-1)9-10-31-22-32(36-37(31)33)26-7-5-23(6-8-26)28-19-29(24-11-15-34-16-12-24)21-30(20-28)25-13-17-35-18-14-25/h1-22H. The van der Waals surface area contributed by atoms with Crippen LogP contribution in [0.5, 0.6) is 0 Å². The van der Waals surface area contributed by atoms with Crippen molar-refractivity contribution in [3.05, 3.63) is 134 Å². The Labute approximate surface area is 214 Å². The molecule has 4 heteroatoms. The van der Waals surface area contributed by atoms with Crippen LogP contribution in [-0.4, -0.2) is 19.6 Å². The molecule has 0 fully saturated rings. The lowest BCUT2D eigenvalue weighted by Crippen LogP contribution is -1.90. The number of aromatic nitrogens is 4. The lowest BCUT2D eigenvalue weighted by Gasteiger charge is -2.11. The first-order chi connectivity index (χ1) is 18.3. The smallest absolute Gasteiger partial charge is 0.0933 e. The maximum absolute atomic E-state index is 4.93. The van der Waals surface area contributed by atoms with E-state index >= 15 is 0 Å². The van der Waals surface area contributed by atoms with E-state index in [1.54, 1.807) is 0 Å². The Morgan fingerprint density at radius 2 is 0.973 bits per heavy atom. The number of hydrogen-bond acceptors (Lipinski definition) is 3. The second-order valence-electron chi connectivity index (χ2n) is 9.11. The Hall–Kier alpha value is -5.09. The van der Waals surface area contributed by atoms with Crippen LogP contribution in [0.1, 0.15) is 0 Å². The second-order valence-corrected chi connectivity index (χ2v) is 9.11. The lowest BCUT2D eigenvalue weighted by molar-refractivity contribution is 1.01. The van der Waals surface area contributed by atoms with E-state index in [2.05, 4.69) is 94.9 Å². The zero-order valence-electron chi connectivity index (χ0n) is 20.0. The lowest BCUT2D eigenvalue weighted by atomic mass is 9.93. The van der Waals surface area contributed by atoms with Crippen molar-refractivity contribution in [3.8, 4) is 44.6 Å². The summed E-state index contributed by atoms with van der Waals surface area (Å²) in [5, 5.41) is 6.11. The topological polar surface area (TPSA) is 43.1 Å². The summed E-state index contributed by atoms with van der Waals surface area (Å²) in [5.74, 6) is 0. The number of hydrogen-bond donors (Lipinski definition) is 0. The Kier molecular flexibility index (Phi) is 5.07. The number of fused-ring (bicyclic) bond motifs is 3. The van der Waals surface area contributed by atoms with Crippen LogP contribution in [0.15, 0.2) is 134 Å². The molecule has 0 saturated heterocycles. The molecule has 0 radical (unpaired) electrons. The van der Waals surface area contributed by atoms with Gasteiger partial charge in [-0.3, -0.25) is 9.97 Å². The summed E-state index contributed by atoms with van der Waals surface area (Å²) < 4.78 is 2.03. The first-order valence-electron chi connectivity index (χ1n) is 12.3. The molecule has 0 aliphatic carbocycles. The van der Waals surface area contributed by atoms with Gasteiger partial charge in [-0.25, -0.2) is 4.52 Å². The zero-order valence-corrected chi connectivity index (χ0v) is 20.0. The highest BCUT2D eigenvalue weighted by Gasteiger charge is 2.10. The molecule has 0 bridgehead atoms. The summed E-state index contributed by atoms with van der Waals surface area (Å²) >= 11 is 0. The molecular weight excluding hydrogens is 452 g/mol. The van der Waals surface area contributed by atoms with Crippen molar-refractivity contribution in [2.75, 3.05) is 0 Å². The van der Waals surface area contributed by atoms with E-state index in [0.29, 0.717) is 0 Å². The molecule has 37 heavy (non-hydrogen) atoms. The second kappa shape index (κ2) is 8.85. The van der Waals surface area contributed by atoms with Crippen LogP contribution in [0.2, 0.25) is 0 Å². The molecule has 0 unspecified atom stereocenters. The number of benzene rings is 3. The van der Waals surface area contributed by atoms with Crippen molar-refractivity contribution in [3.63, 3.8) is 0 Å². The van der Waals surface area contributed by atoms with Gasteiger partial charge in [0, 0.05) is 35.7 Å². The van der Waals surface area contributed by atoms with Crippen molar-refractivity contribution in [2.45, 2.75) is 0 Å². The van der Waals surface area contributed by atoms with Crippen LogP contribution in [0, 0.1) is 0 Å². The molecule has 3 aromatic carbocycles. The van der Waals surface area contributed by atoms with Gasteiger partial charge >= 0.3 is 0 Å². The van der Waals surface area contributed by atoms with Crippen molar-refractivity contribution in [1.29, 1.82) is 0 Å². The maximum Gasteiger partial charge on any atom is 0.0933 e. The van der Waals surface area contributed by atoms with Gasteiger partial charge in [-0.2, -0.15) is 5.10 Å². The third-order valence-electron chi connectivity index (χ3n) is 6.81. The van der Waals surface area contributed by atoms with Gasteiger partial charge in [0.1, 0.15) is 0 Å². The molecular formula is C33H22N4. The highest BCUT2D eigenvalue weighted by Crippen LogP contribution is 2.33. The average molecular weight is 475 g/mol. The molecule has 0 aliphatic rings. The van der Waals surface area contributed by atoms with Gasteiger partial charge < -0.3 is 0 Å². The SMILES string of the molecule is c1ccc2c(c1)ccc1cc(-c3ccc(-c4cc(-c5ccncc5)cc(-c5ccncc5)c4)cc3)nn12. The number of pyridine rings is 3. The van der Waals surface area contributed by atoms with E-state index in [-0.39, 0.29) is 0 Å². The Morgan fingerprint density at radius 3 is 1.59 bits per heavy atom. The molecule has 0 spiro atoms. The largest absolute Gasteiger partial charge is 0.265 e. The molecule has 0 saturated carbocycles. The van der Waals surface area contributed by atoms with Crippen molar-refractivity contribution < 1.29 is 0 Å². The van der Waals surface area contributed by atoms with Gasteiger partial charge in [-0.1, -0.05) is 48.5 Å². The van der Waals surface area contributed by atoms with E-state index < -0.39 is 0 Å². The number of para-hydroxylation sites is 1. The van der Waals surface area contributed by atoms with Gasteiger partial charge in [0.15, 0.2) is 0 Å². The first kappa shape index (κ1) is 21.2. The molecule has 4 heterocycles. The van der Waals surface area contributed by atoms with E-state index in [1.807, 2.05) is 53.6 Å². The summed E-state index contributed by atoms with van der Waals surface area (Å²) in [4.78, 5) is 8.37. The van der Waals surface area contributed by atoms with E-state index in [4.69, 9.17) is 5.10 Å². The normalized spacial score (nSPS) is 11.2. The fourth-order valence-corrected chi connectivity index (χ4v) is 4.89. The minimum absolute atomic E-state index is 0.964. The van der Waals surface area contributed by atoms with Gasteiger partial charge in [-0.05, 0) is 94.0 Å². The molecule has 174 valence electrons. The Morgan fingerprint density at radius 1 is 0.432 bits per heavy atom. The van der Waals surface area contributed by atoms with Crippen molar-refractivity contribution in [1.82, 2.24) is 19.6 Å². The third-order valence-corrected chi connectivity index (χ3v) is 6.81. The molecule has 7 aromatic rings. The fourth-order valence-electron chi connectivity index (χ4n) is 4.89. The summed E-state index contributed by atoms with van der Waals surface area (Å²) in [6.07, 6.45) is 7.34. The van der Waals surface area contributed by atoms with E-state index in [1.165, 1.54) is 5.39 Å². The monoisotopic (exact) mass is 474 g/mol. The first-order valence-corrected chi connectivity index (χ1v) is 12.3. The zero-order chi connectivity index (χ0) is 24.6. The van der Waals surface area contributed by atoms with Crippen molar-refractivity contribution in [2.24, 2.45) is 0 Å². The molecule has 7 rings (SSSR count). The predicted octanol–water partition coefficient (Wildman–Crippen LogP) is 7.95. The van der Waals surface area contributed by atoms with E-state index in [9.17, 15) is 0 Å². The predicted molar refractivity (Wildman–Crippen MR) is 150 cm³/mol. The highest BCUT2D eigenvalue weighted by molar-refractivity contribution is 5.84. The quantitative estimate of drug-likeness (QED) is 0.260. The Bertz CT molecular complexity index is 1800. The Balaban J connectivity index is 1.30. The average Bonchev–Trinajstić information content (AvgIpc) is 3.43. The van der Waals surface area contributed by atoms with Crippen LogP contribution in [-0.2, 0) is 0 Å². The highest BCUT2D eigenvalue weighted by atomic mass is 15.2. The molecule has 0 aliphatic heterocycles. The van der Waals surface area contributed by atoms with Crippen LogP contribution in [0.3, 0.4) is 0 Å². The number of nitrogens with zero attached hydrogens (tertiary/aromatic N) is 4. The molecule has 0 amide bonds.